The van der Waals surface area contributed by atoms with E-state index in [4.69, 9.17) is 28.4 Å². The van der Waals surface area contributed by atoms with E-state index in [1.807, 2.05) is 18.2 Å². The number of methoxy groups -OCH3 is 3. The monoisotopic (exact) mass is 490 g/mol. The summed E-state index contributed by atoms with van der Waals surface area (Å²) in [6.07, 6.45) is 0.613. The van der Waals surface area contributed by atoms with E-state index in [1.54, 1.807) is 55.5 Å². The molecule has 0 fully saturated rings. The molecule has 4 rings (SSSR count). The summed E-state index contributed by atoms with van der Waals surface area (Å²) >= 11 is 0. The summed E-state index contributed by atoms with van der Waals surface area (Å²) in [5.41, 5.74) is 1.60. The topological polar surface area (TPSA) is 89.5 Å². The van der Waals surface area contributed by atoms with Gasteiger partial charge in [0.25, 0.3) is 0 Å². The van der Waals surface area contributed by atoms with Crippen LogP contribution in [0.4, 0.5) is 0 Å². The number of ether oxygens (including phenoxy) is 6. The molecule has 186 valence electrons. The second-order valence-corrected chi connectivity index (χ2v) is 7.68. The molecule has 0 saturated heterocycles. The zero-order chi connectivity index (χ0) is 25.7. The van der Waals surface area contributed by atoms with Crippen LogP contribution in [0.5, 0.6) is 28.7 Å². The van der Waals surface area contributed by atoms with E-state index in [-0.39, 0.29) is 18.1 Å². The predicted octanol–water partition coefficient (Wildman–Crippen LogP) is 5.01. The van der Waals surface area contributed by atoms with Crippen molar-refractivity contribution in [2.45, 2.75) is 13.0 Å². The summed E-state index contributed by atoms with van der Waals surface area (Å²) in [6, 6.07) is 17.3. The van der Waals surface area contributed by atoms with Crippen LogP contribution in [-0.2, 0) is 9.53 Å². The molecule has 1 aliphatic rings. The molecule has 3 aromatic carbocycles. The van der Waals surface area contributed by atoms with Gasteiger partial charge in [0.1, 0.15) is 11.5 Å². The van der Waals surface area contributed by atoms with Crippen molar-refractivity contribution in [3.8, 4) is 28.7 Å². The fourth-order valence-electron chi connectivity index (χ4n) is 3.85. The molecule has 0 unspecified atom stereocenters. The number of fused-ring (bicyclic) bond motifs is 1. The van der Waals surface area contributed by atoms with E-state index in [1.165, 1.54) is 21.3 Å². The Morgan fingerprint density at radius 3 is 2.36 bits per heavy atom. The second-order valence-electron chi connectivity index (χ2n) is 7.68. The van der Waals surface area contributed by atoms with Crippen LogP contribution < -0.4 is 23.7 Å². The lowest BCUT2D eigenvalue weighted by Crippen LogP contribution is -2.21. The van der Waals surface area contributed by atoms with Crippen LogP contribution in [0.25, 0.3) is 6.08 Å². The van der Waals surface area contributed by atoms with E-state index < -0.39 is 12.1 Å². The minimum atomic E-state index is -0.965. The van der Waals surface area contributed by atoms with Gasteiger partial charge in [-0.1, -0.05) is 30.3 Å². The van der Waals surface area contributed by atoms with Gasteiger partial charge in [0.2, 0.25) is 17.6 Å². The van der Waals surface area contributed by atoms with Gasteiger partial charge >= 0.3 is 5.97 Å². The lowest BCUT2D eigenvalue weighted by molar-refractivity contribution is -0.151. The number of carbonyl (C=O) groups is 2. The first-order valence-corrected chi connectivity index (χ1v) is 11.3. The molecule has 0 aromatic heterocycles. The largest absolute Gasteiger partial charge is 0.493 e. The zero-order valence-corrected chi connectivity index (χ0v) is 20.4. The Labute approximate surface area is 209 Å². The summed E-state index contributed by atoms with van der Waals surface area (Å²) in [5.74, 6) is 1.28. The first kappa shape index (κ1) is 24.7. The standard InChI is InChI=1S/C28H26O8/c1-5-34-28(30)26(17-9-7-6-8-10-17)35-19-12-13-20-22(16-19)36-23(24(20)29)15-18-11-14-21(31-2)27(33-4)25(18)32-3/h6-16,26H,5H2,1-4H3/b23-15-/t26-/m1/s1. The summed E-state index contributed by atoms with van der Waals surface area (Å²) < 4.78 is 33.3. The van der Waals surface area contributed by atoms with Crippen LogP contribution in [0, 0.1) is 0 Å². The van der Waals surface area contributed by atoms with Crippen molar-refractivity contribution in [2.75, 3.05) is 27.9 Å². The molecule has 0 spiro atoms. The van der Waals surface area contributed by atoms with Crippen molar-refractivity contribution in [1.82, 2.24) is 0 Å². The Morgan fingerprint density at radius 2 is 1.69 bits per heavy atom. The summed E-state index contributed by atoms with van der Waals surface area (Å²) in [6.45, 7) is 1.96. The van der Waals surface area contributed by atoms with Crippen LogP contribution in [0.2, 0.25) is 0 Å². The third-order valence-electron chi connectivity index (χ3n) is 5.52. The maximum absolute atomic E-state index is 13.0. The van der Waals surface area contributed by atoms with Gasteiger partial charge in [0.15, 0.2) is 17.3 Å². The molecule has 0 saturated carbocycles. The van der Waals surface area contributed by atoms with Crippen LogP contribution in [-0.4, -0.2) is 39.7 Å². The molecule has 0 aliphatic carbocycles. The van der Waals surface area contributed by atoms with Gasteiger partial charge in [-0.2, -0.15) is 0 Å². The predicted molar refractivity (Wildman–Crippen MR) is 132 cm³/mol. The molecule has 0 radical (unpaired) electrons. The molecule has 1 aliphatic heterocycles. The van der Waals surface area contributed by atoms with E-state index in [0.717, 1.165) is 0 Å². The zero-order valence-electron chi connectivity index (χ0n) is 20.4. The number of ketones is 1. The normalized spacial score (nSPS) is 14.0. The summed E-state index contributed by atoms with van der Waals surface area (Å²) in [5, 5.41) is 0. The van der Waals surface area contributed by atoms with Gasteiger partial charge in [-0.15, -0.1) is 0 Å². The van der Waals surface area contributed by atoms with Crippen molar-refractivity contribution in [2.24, 2.45) is 0 Å². The SMILES string of the molecule is CCOC(=O)[C@H](Oc1ccc2c(c1)O/C(=C\c1ccc(OC)c(OC)c1OC)C2=O)c1ccccc1. The molecule has 1 heterocycles. The lowest BCUT2D eigenvalue weighted by atomic mass is 10.1. The van der Waals surface area contributed by atoms with E-state index >= 15 is 0 Å². The minimum Gasteiger partial charge on any atom is -0.493 e. The minimum absolute atomic E-state index is 0.109. The lowest BCUT2D eigenvalue weighted by Gasteiger charge is -2.18. The highest BCUT2D eigenvalue weighted by Gasteiger charge is 2.30. The maximum atomic E-state index is 13.0. The number of hydrogen-bond donors (Lipinski definition) is 0. The Hall–Kier alpha value is -4.46. The number of benzene rings is 3. The Balaban J connectivity index is 1.63. The van der Waals surface area contributed by atoms with E-state index in [0.29, 0.717) is 45.4 Å². The van der Waals surface area contributed by atoms with Gasteiger partial charge in [0.05, 0.1) is 33.5 Å². The van der Waals surface area contributed by atoms with Gasteiger partial charge in [-0.25, -0.2) is 4.79 Å². The van der Waals surface area contributed by atoms with Crippen molar-refractivity contribution >= 4 is 17.8 Å². The maximum Gasteiger partial charge on any atom is 0.352 e. The Kier molecular flexibility index (Phi) is 7.44. The highest BCUT2D eigenvalue weighted by atomic mass is 16.6. The molecule has 0 bridgehead atoms. The number of allylic oxidation sites excluding steroid dienone is 1. The fourth-order valence-corrected chi connectivity index (χ4v) is 3.85. The molecular formula is C28H26O8. The van der Waals surface area contributed by atoms with Crippen LogP contribution >= 0.6 is 0 Å². The van der Waals surface area contributed by atoms with E-state index in [2.05, 4.69) is 0 Å². The molecule has 8 heteroatoms. The number of carbonyl (C=O) groups excluding carboxylic acids is 2. The number of esters is 1. The average molecular weight is 491 g/mol. The number of Topliss-reactive ketones (excluding diaryl/α,β-unsaturated/α-hetero) is 1. The van der Waals surface area contributed by atoms with Crippen molar-refractivity contribution < 1.29 is 38.0 Å². The smallest absolute Gasteiger partial charge is 0.352 e. The molecule has 0 N–H and O–H groups in total. The Morgan fingerprint density at radius 1 is 0.944 bits per heavy atom. The van der Waals surface area contributed by atoms with Crippen LogP contribution in [0.3, 0.4) is 0 Å². The summed E-state index contributed by atoms with van der Waals surface area (Å²) in [4.78, 5) is 25.6. The van der Waals surface area contributed by atoms with Crippen LogP contribution in [0.1, 0.15) is 34.5 Å². The van der Waals surface area contributed by atoms with Crippen molar-refractivity contribution in [1.29, 1.82) is 0 Å². The molecule has 36 heavy (non-hydrogen) atoms. The number of hydrogen-bond acceptors (Lipinski definition) is 8. The Bertz CT molecular complexity index is 1300. The van der Waals surface area contributed by atoms with Crippen LogP contribution in [0.15, 0.2) is 66.4 Å². The van der Waals surface area contributed by atoms with E-state index in [9.17, 15) is 9.59 Å². The molecular weight excluding hydrogens is 464 g/mol. The second kappa shape index (κ2) is 10.9. The first-order chi connectivity index (χ1) is 17.5. The first-order valence-electron chi connectivity index (χ1n) is 11.3. The molecule has 3 aromatic rings. The summed E-state index contributed by atoms with van der Waals surface area (Å²) in [7, 11) is 4.53. The third kappa shape index (κ3) is 4.84. The average Bonchev–Trinajstić information content (AvgIpc) is 3.21. The van der Waals surface area contributed by atoms with Gasteiger partial charge in [0, 0.05) is 17.2 Å². The van der Waals surface area contributed by atoms with Gasteiger partial charge < -0.3 is 28.4 Å². The number of rotatable bonds is 9. The van der Waals surface area contributed by atoms with Gasteiger partial charge in [-0.3, -0.25) is 4.79 Å². The highest BCUT2D eigenvalue weighted by Crippen LogP contribution is 2.42. The van der Waals surface area contributed by atoms with Gasteiger partial charge in [-0.05, 0) is 37.3 Å². The van der Waals surface area contributed by atoms with Crippen molar-refractivity contribution in [3.63, 3.8) is 0 Å². The quantitative estimate of drug-likeness (QED) is 0.305. The highest BCUT2D eigenvalue weighted by molar-refractivity contribution is 6.14. The van der Waals surface area contributed by atoms with Crippen molar-refractivity contribution in [3.05, 3.63) is 83.1 Å². The molecule has 0 amide bonds. The fraction of sp³-hybridized carbons (Fsp3) is 0.214. The molecule has 1 atom stereocenters. The molecule has 8 nitrogen and oxygen atoms in total. The third-order valence-corrected chi connectivity index (χ3v) is 5.52.